The molecule has 1 aromatic heterocycles. The molecule has 1 heterocycles. The Morgan fingerprint density at radius 3 is 2.74 bits per heavy atom. The summed E-state index contributed by atoms with van der Waals surface area (Å²) in [4.78, 5) is 0. The standard InChI is InChI=1S/C14H18ClN3S/c1-3-9-16-12(4-2)14-18-17-13(19-14)10-7-5-6-8-11(10)15/h5-8,12,16H,3-4,9H2,1-2H3. The van der Waals surface area contributed by atoms with Crippen molar-refractivity contribution in [2.24, 2.45) is 0 Å². The van der Waals surface area contributed by atoms with Gasteiger partial charge in [-0.3, -0.25) is 0 Å². The third-order valence-corrected chi connectivity index (χ3v) is 4.29. The molecule has 2 rings (SSSR count). The molecule has 19 heavy (non-hydrogen) atoms. The highest BCUT2D eigenvalue weighted by atomic mass is 35.5. The van der Waals surface area contributed by atoms with Crippen molar-refractivity contribution in [1.82, 2.24) is 15.5 Å². The summed E-state index contributed by atoms with van der Waals surface area (Å²) in [6.07, 6.45) is 2.13. The van der Waals surface area contributed by atoms with E-state index in [2.05, 4.69) is 29.4 Å². The fraction of sp³-hybridized carbons (Fsp3) is 0.429. The minimum absolute atomic E-state index is 0.286. The van der Waals surface area contributed by atoms with Gasteiger partial charge in [0.1, 0.15) is 10.0 Å². The summed E-state index contributed by atoms with van der Waals surface area (Å²) >= 11 is 7.80. The molecule has 102 valence electrons. The van der Waals surface area contributed by atoms with Gasteiger partial charge in [0, 0.05) is 5.56 Å². The lowest BCUT2D eigenvalue weighted by Crippen LogP contribution is -2.21. The number of halogens is 1. The molecule has 1 unspecified atom stereocenters. The first-order chi connectivity index (χ1) is 9.26. The number of rotatable bonds is 6. The van der Waals surface area contributed by atoms with E-state index in [1.54, 1.807) is 11.3 Å². The van der Waals surface area contributed by atoms with Gasteiger partial charge in [-0.15, -0.1) is 10.2 Å². The van der Waals surface area contributed by atoms with Gasteiger partial charge in [0.15, 0.2) is 0 Å². The van der Waals surface area contributed by atoms with Gasteiger partial charge in [0.25, 0.3) is 0 Å². The van der Waals surface area contributed by atoms with Crippen LogP contribution in [0.3, 0.4) is 0 Å². The fourth-order valence-corrected chi connectivity index (χ4v) is 3.17. The number of nitrogens with one attached hydrogen (secondary N) is 1. The maximum atomic E-state index is 6.19. The maximum Gasteiger partial charge on any atom is 0.149 e. The molecule has 0 spiro atoms. The normalized spacial score (nSPS) is 12.6. The van der Waals surface area contributed by atoms with Crippen LogP contribution in [0.5, 0.6) is 0 Å². The van der Waals surface area contributed by atoms with E-state index in [0.29, 0.717) is 0 Å². The van der Waals surface area contributed by atoms with Gasteiger partial charge in [-0.05, 0) is 25.5 Å². The van der Waals surface area contributed by atoms with E-state index in [9.17, 15) is 0 Å². The number of benzene rings is 1. The van der Waals surface area contributed by atoms with E-state index in [4.69, 9.17) is 11.6 Å². The van der Waals surface area contributed by atoms with Gasteiger partial charge in [-0.1, -0.05) is 55.0 Å². The third-order valence-electron chi connectivity index (χ3n) is 2.89. The predicted octanol–water partition coefficient (Wildman–Crippen LogP) is 4.31. The molecule has 1 aromatic carbocycles. The first kappa shape index (κ1) is 14.4. The first-order valence-corrected chi connectivity index (χ1v) is 7.77. The van der Waals surface area contributed by atoms with Crippen LogP contribution in [0.2, 0.25) is 5.02 Å². The summed E-state index contributed by atoms with van der Waals surface area (Å²) in [6, 6.07) is 8.03. The molecule has 0 saturated carbocycles. The fourth-order valence-electron chi connectivity index (χ4n) is 1.84. The van der Waals surface area contributed by atoms with Gasteiger partial charge >= 0.3 is 0 Å². The Kier molecular flexibility index (Phi) is 5.31. The predicted molar refractivity (Wildman–Crippen MR) is 81.7 cm³/mol. The zero-order valence-electron chi connectivity index (χ0n) is 11.2. The van der Waals surface area contributed by atoms with Crippen LogP contribution in [0.1, 0.15) is 37.7 Å². The van der Waals surface area contributed by atoms with Crippen LogP contribution in [0, 0.1) is 0 Å². The Balaban J connectivity index is 2.21. The Morgan fingerprint density at radius 1 is 1.26 bits per heavy atom. The molecule has 0 saturated heterocycles. The lowest BCUT2D eigenvalue weighted by molar-refractivity contribution is 0.513. The van der Waals surface area contributed by atoms with Crippen molar-refractivity contribution in [2.45, 2.75) is 32.7 Å². The highest BCUT2D eigenvalue weighted by molar-refractivity contribution is 7.14. The molecular weight excluding hydrogens is 278 g/mol. The molecule has 3 nitrogen and oxygen atoms in total. The Hall–Kier alpha value is -0.970. The van der Waals surface area contributed by atoms with Crippen LogP contribution in [0.25, 0.3) is 10.6 Å². The molecule has 0 aliphatic heterocycles. The van der Waals surface area contributed by atoms with Crippen LogP contribution >= 0.6 is 22.9 Å². The minimum atomic E-state index is 0.286. The SMILES string of the molecule is CCCNC(CC)c1nnc(-c2ccccc2Cl)s1. The molecule has 5 heteroatoms. The molecule has 1 N–H and O–H groups in total. The van der Waals surface area contributed by atoms with Crippen molar-refractivity contribution in [3.63, 3.8) is 0 Å². The monoisotopic (exact) mass is 295 g/mol. The summed E-state index contributed by atoms with van der Waals surface area (Å²) in [6.45, 7) is 5.32. The van der Waals surface area contributed by atoms with Crippen LogP contribution in [-0.2, 0) is 0 Å². The smallest absolute Gasteiger partial charge is 0.149 e. The maximum absolute atomic E-state index is 6.19. The molecule has 1 atom stereocenters. The van der Waals surface area contributed by atoms with Gasteiger partial charge in [0.05, 0.1) is 11.1 Å². The molecule has 0 fully saturated rings. The lowest BCUT2D eigenvalue weighted by Gasteiger charge is -2.12. The summed E-state index contributed by atoms with van der Waals surface area (Å²) in [5.41, 5.74) is 0.957. The first-order valence-electron chi connectivity index (χ1n) is 6.58. The van der Waals surface area contributed by atoms with Gasteiger partial charge in [0.2, 0.25) is 0 Å². The Morgan fingerprint density at radius 2 is 2.05 bits per heavy atom. The van der Waals surface area contributed by atoms with E-state index in [-0.39, 0.29) is 6.04 Å². The van der Waals surface area contributed by atoms with Crippen LogP contribution in [0.15, 0.2) is 24.3 Å². The van der Waals surface area contributed by atoms with E-state index in [1.165, 1.54) is 0 Å². The number of aromatic nitrogens is 2. The second kappa shape index (κ2) is 6.98. The highest BCUT2D eigenvalue weighted by Crippen LogP contribution is 2.32. The summed E-state index contributed by atoms with van der Waals surface area (Å²) in [7, 11) is 0. The average Bonchev–Trinajstić information content (AvgIpc) is 2.90. The van der Waals surface area contributed by atoms with E-state index in [1.807, 2.05) is 24.3 Å². The molecule has 0 aliphatic carbocycles. The second-order valence-electron chi connectivity index (χ2n) is 4.34. The number of hydrogen-bond acceptors (Lipinski definition) is 4. The van der Waals surface area contributed by atoms with Crippen molar-refractivity contribution in [3.8, 4) is 10.6 Å². The number of nitrogens with zero attached hydrogens (tertiary/aromatic N) is 2. The van der Waals surface area contributed by atoms with E-state index < -0.39 is 0 Å². The molecular formula is C14H18ClN3S. The largest absolute Gasteiger partial charge is 0.308 e. The van der Waals surface area contributed by atoms with Crippen molar-refractivity contribution < 1.29 is 0 Å². The van der Waals surface area contributed by atoms with Crippen LogP contribution in [-0.4, -0.2) is 16.7 Å². The van der Waals surface area contributed by atoms with Crippen molar-refractivity contribution in [3.05, 3.63) is 34.3 Å². The molecule has 0 bridgehead atoms. The van der Waals surface area contributed by atoms with Gasteiger partial charge in [-0.25, -0.2) is 0 Å². The van der Waals surface area contributed by atoms with Gasteiger partial charge < -0.3 is 5.32 Å². The summed E-state index contributed by atoms with van der Waals surface area (Å²) in [5.74, 6) is 0. The van der Waals surface area contributed by atoms with Crippen molar-refractivity contribution >= 4 is 22.9 Å². The molecule has 0 amide bonds. The topological polar surface area (TPSA) is 37.8 Å². The Bertz CT molecular complexity index is 527. The highest BCUT2D eigenvalue weighted by Gasteiger charge is 2.16. The molecule has 2 aromatic rings. The number of hydrogen-bond donors (Lipinski definition) is 1. The lowest BCUT2D eigenvalue weighted by atomic mass is 10.2. The zero-order chi connectivity index (χ0) is 13.7. The minimum Gasteiger partial charge on any atom is -0.308 e. The summed E-state index contributed by atoms with van der Waals surface area (Å²) in [5, 5.41) is 14.7. The third kappa shape index (κ3) is 3.53. The van der Waals surface area contributed by atoms with Crippen molar-refractivity contribution in [2.75, 3.05) is 6.54 Å². The average molecular weight is 296 g/mol. The quantitative estimate of drug-likeness (QED) is 0.863. The van der Waals surface area contributed by atoms with Crippen LogP contribution < -0.4 is 5.32 Å². The van der Waals surface area contributed by atoms with Gasteiger partial charge in [-0.2, -0.15) is 0 Å². The van der Waals surface area contributed by atoms with Crippen molar-refractivity contribution in [1.29, 1.82) is 0 Å². The molecule has 0 aliphatic rings. The zero-order valence-corrected chi connectivity index (χ0v) is 12.8. The Labute approximate surface area is 123 Å². The molecule has 0 radical (unpaired) electrons. The van der Waals surface area contributed by atoms with E-state index in [0.717, 1.165) is 40.0 Å². The van der Waals surface area contributed by atoms with E-state index >= 15 is 0 Å². The summed E-state index contributed by atoms with van der Waals surface area (Å²) < 4.78 is 0. The second-order valence-corrected chi connectivity index (χ2v) is 5.76. The van der Waals surface area contributed by atoms with Crippen LogP contribution in [0.4, 0.5) is 0 Å².